The number of nitrogens with two attached hydrogens (primary N) is 1. The van der Waals surface area contributed by atoms with E-state index < -0.39 is 0 Å². The van der Waals surface area contributed by atoms with E-state index in [0.29, 0.717) is 21.8 Å². The molecule has 0 atom stereocenters. The summed E-state index contributed by atoms with van der Waals surface area (Å²) in [5, 5.41) is 2.67. The van der Waals surface area contributed by atoms with Crippen molar-refractivity contribution in [1.82, 2.24) is 9.69 Å². The molecular formula is C17H14FN3OS. The number of nitrogen functional groups attached to an aromatic ring is 1. The van der Waals surface area contributed by atoms with Crippen LogP contribution in [0.2, 0.25) is 0 Å². The van der Waals surface area contributed by atoms with Gasteiger partial charge in [-0.05, 0) is 17.6 Å². The smallest absolute Gasteiger partial charge is 0.265 e. The van der Waals surface area contributed by atoms with Crippen molar-refractivity contribution in [3.8, 4) is 11.3 Å². The average molecular weight is 327 g/mol. The predicted octanol–water partition coefficient (Wildman–Crippen LogP) is 3.46. The van der Waals surface area contributed by atoms with Gasteiger partial charge in [0.2, 0.25) is 0 Å². The van der Waals surface area contributed by atoms with Crippen LogP contribution in [0.25, 0.3) is 11.3 Å². The number of amides is 1. The van der Waals surface area contributed by atoms with Crippen molar-refractivity contribution < 1.29 is 9.18 Å². The quantitative estimate of drug-likeness (QED) is 0.771. The number of nitrogens with one attached hydrogen (secondary N) is 1. The standard InChI is InChI=1S/C17H14FN3OS/c18-13-9-5-4-8-12(13)10-20-17(22)16-14(19)15(21-23-16)11-6-2-1-3-7-11/h1-9H,10,19H2,(H,20,22). The van der Waals surface area contributed by atoms with E-state index in [1.165, 1.54) is 6.07 Å². The Bertz CT molecular complexity index is 833. The van der Waals surface area contributed by atoms with Crippen molar-refractivity contribution in [3.05, 3.63) is 70.9 Å². The van der Waals surface area contributed by atoms with Gasteiger partial charge in [0.25, 0.3) is 5.91 Å². The van der Waals surface area contributed by atoms with Gasteiger partial charge in [0, 0.05) is 17.7 Å². The van der Waals surface area contributed by atoms with E-state index in [1.807, 2.05) is 30.3 Å². The molecule has 2 aromatic carbocycles. The van der Waals surface area contributed by atoms with E-state index in [2.05, 4.69) is 9.69 Å². The molecule has 1 amide bonds. The average Bonchev–Trinajstić information content (AvgIpc) is 2.96. The van der Waals surface area contributed by atoms with E-state index in [1.54, 1.807) is 18.2 Å². The highest BCUT2D eigenvalue weighted by Gasteiger charge is 2.18. The molecule has 1 heterocycles. The van der Waals surface area contributed by atoms with Crippen LogP contribution in [0.4, 0.5) is 10.1 Å². The molecule has 23 heavy (non-hydrogen) atoms. The molecule has 0 saturated carbocycles. The van der Waals surface area contributed by atoms with Crippen LogP contribution in [0, 0.1) is 5.82 Å². The van der Waals surface area contributed by atoms with E-state index in [4.69, 9.17) is 5.73 Å². The van der Waals surface area contributed by atoms with E-state index >= 15 is 0 Å². The lowest BCUT2D eigenvalue weighted by atomic mass is 10.1. The van der Waals surface area contributed by atoms with Crippen LogP contribution in [-0.2, 0) is 6.54 Å². The second-order valence-electron chi connectivity index (χ2n) is 4.91. The van der Waals surface area contributed by atoms with Crippen molar-refractivity contribution in [3.63, 3.8) is 0 Å². The third kappa shape index (κ3) is 3.22. The van der Waals surface area contributed by atoms with Crippen molar-refractivity contribution in [2.45, 2.75) is 6.54 Å². The first kappa shape index (κ1) is 15.2. The van der Waals surface area contributed by atoms with Gasteiger partial charge in [0.1, 0.15) is 16.4 Å². The Morgan fingerprint density at radius 3 is 2.57 bits per heavy atom. The van der Waals surface area contributed by atoms with Crippen LogP contribution in [0.15, 0.2) is 54.6 Å². The maximum absolute atomic E-state index is 13.6. The van der Waals surface area contributed by atoms with Gasteiger partial charge in [0.15, 0.2) is 0 Å². The number of hydrogen-bond donors (Lipinski definition) is 2. The van der Waals surface area contributed by atoms with Gasteiger partial charge < -0.3 is 11.1 Å². The van der Waals surface area contributed by atoms with Gasteiger partial charge in [-0.1, -0.05) is 48.5 Å². The van der Waals surface area contributed by atoms with E-state index in [-0.39, 0.29) is 18.3 Å². The van der Waals surface area contributed by atoms with Gasteiger partial charge in [-0.25, -0.2) is 4.39 Å². The topological polar surface area (TPSA) is 68.0 Å². The number of carbonyl (C=O) groups is 1. The van der Waals surface area contributed by atoms with Gasteiger partial charge in [-0.2, -0.15) is 4.37 Å². The molecule has 3 rings (SSSR count). The maximum atomic E-state index is 13.6. The van der Waals surface area contributed by atoms with Crippen LogP contribution in [-0.4, -0.2) is 10.3 Å². The zero-order valence-electron chi connectivity index (χ0n) is 12.1. The van der Waals surface area contributed by atoms with Gasteiger partial charge >= 0.3 is 0 Å². The molecule has 3 aromatic rings. The van der Waals surface area contributed by atoms with Gasteiger partial charge in [-0.3, -0.25) is 4.79 Å². The molecular weight excluding hydrogens is 313 g/mol. The number of benzene rings is 2. The number of rotatable bonds is 4. The summed E-state index contributed by atoms with van der Waals surface area (Å²) in [5.74, 6) is -0.708. The molecule has 4 nitrogen and oxygen atoms in total. The van der Waals surface area contributed by atoms with Crippen LogP contribution in [0.1, 0.15) is 15.2 Å². The molecule has 3 N–H and O–H groups in total. The molecule has 0 radical (unpaired) electrons. The molecule has 0 aliphatic carbocycles. The minimum atomic E-state index is -0.356. The van der Waals surface area contributed by atoms with Crippen molar-refractivity contribution >= 4 is 23.1 Å². The van der Waals surface area contributed by atoms with Crippen molar-refractivity contribution in [2.75, 3.05) is 5.73 Å². The Labute approximate surface area is 136 Å². The van der Waals surface area contributed by atoms with Gasteiger partial charge in [0.05, 0.1) is 5.69 Å². The third-order valence-electron chi connectivity index (χ3n) is 3.38. The summed E-state index contributed by atoms with van der Waals surface area (Å²) < 4.78 is 17.8. The number of halogens is 1. The molecule has 0 fully saturated rings. The van der Waals surface area contributed by atoms with Crippen LogP contribution in [0.3, 0.4) is 0 Å². The summed E-state index contributed by atoms with van der Waals surface area (Å²) in [6.45, 7) is 0.101. The monoisotopic (exact) mass is 327 g/mol. The first-order valence-corrected chi connectivity index (χ1v) is 7.76. The highest BCUT2D eigenvalue weighted by molar-refractivity contribution is 7.09. The minimum Gasteiger partial charge on any atom is -0.396 e. The fraction of sp³-hybridized carbons (Fsp3) is 0.0588. The number of carbonyl (C=O) groups excluding carboxylic acids is 1. The Morgan fingerprint density at radius 2 is 1.83 bits per heavy atom. The fourth-order valence-corrected chi connectivity index (χ4v) is 2.90. The molecule has 0 unspecified atom stereocenters. The predicted molar refractivity (Wildman–Crippen MR) is 89.5 cm³/mol. The summed E-state index contributed by atoms with van der Waals surface area (Å²) in [4.78, 5) is 12.6. The SMILES string of the molecule is Nc1c(-c2ccccc2)nsc1C(=O)NCc1ccccc1F. The van der Waals surface area contributed by atoms with E-state index in [9.17, 15) is 9.18 Å². The van der Waals surface area contributed by atoms with Crippen molar-refractivity contribution in [1.29, 1.82) is 0 Å². The first-order chi connectivity index (χ1) is 11.2. The summed E-state index contributed by atoms with van der Waals surface area (Å²) in [6, 6.07) is 15.7. The zero-order chi connectivity index (χ0) is 16.2. The minimum absolute atomic E-state index is 0.101. The molecule has 0 spiro atoms. The summed E-state index contributed by atoms with van der Waals surface area (Å²) in [7, 11) is 0. The second kappa shape index (κ2) is 6.58. The maximum Gasteiger partial charge on any atom is 0.265 e. The second-order valence-corrected chi connectivity index (χ2v) is 5.69. The lowest BCUT2D eigenvalue weighted by Crippen LogP contribution is -2.23. The number of aromatic nitrogens is 1. The number of nitrogens with zero attached hydrogens (tertiary/aromatic N) is 1. The Hall–Kier alpha value is -2.73. The highest BCUT2D eigenvalue weighted by atomic mass is 32.1. The fourth-order valence-electron chi connectivity index (χ4n) is 2.16. The zero-order valence-corrected chi connectivity index (χ0v) is 12.9. The lowest BCUT2D eigenvalue weighted by Gasteiger charge is -2.05. The largest absolute Gasteiger partial charge is 0.396 e. The Balaban J connectivity index is 1.76. The Morgan fingerprint density at radius 1 is 1.13 bits per heavy atom. The van der Waals surface area contributed by atoms with Gasteiger partial charge in [-0.15, -0.1) is 0 Å². The summed E-state index contributed by atoms with van der Waals surface area (Å²) in [6.07, 6.45) is 0. The summed E-state index contributed by atoms with van der Waals surface area (Å²) >= 11 is 1.04. The molecule has 6 heteroatoms. The summed E-state index contributed by atoms with van der Waals surface area (Å²) in [5.41, 5.74) is 8.26. The normalized spacial score (nSPS) is 10.5. The molecule has 0 aliphatic heterocycles. The lowest BCUT2D eigenvalue weighted by molar-refractivity contribution is 0.0955. The van der Waals surface area contributed by atoms with Crippen molar-refractivity contribution in [2.24, 2.45) is 0 Å². The van der Waals surface area contributed by atoms with E-state index in [0.717, 1.165) is 17.1 Å². The number of hydrogen-bond acceptors (Lipinski definition) is 4. The van der Waals surface area contributed by atoms with Crippen LogP contribution in [0.5, 0.6) is 0 Å². The third-order valence-corrected chi connectivity index (χ3v) is 4.24. The Kier molecular flexibility index (Phi) is 4.34. The number of anilines is 1. The van der Waals surface area contributed by atoms with Crippen LogP contribution < -0.4 is 11.1 Å². The molecule has 116 valence electrons. The molecule has 1 aromatic heterocycles. The molecule has 0 bridgehead atoms. The first-order valence-electron chi connectivity index (χ1n) is 6.99. The molecule has 0 saturated heterocycles. The molecule has 0 aliphatic rings. The van der Waals surface area contributed by atoms with Crippen LogP contribution >= 0.6 is 11.5 Å². The highest BCUT2D eigenvalue weighted by Crippen LogP contribution is 2.30.